The second-order valence-corrected chi connectivity index (χ2v) is 17.9. The van der Waals surface area contributed by atoms with Gasteiger partial charge in [0.1, 0.15) is 18.1 Å². The third kappa shape index (κ3) is 13.2. The highest BCUT2D eigenvalue weighted by Crippen LogP contribution is 2.24. The Hall–Kier alpha value is -4.61. The molecule has 0 spiro atoms. The molecule has 3 atom stereocenters. The van der Waals surface area contributed by atoms with E-state index < -0.39 is 54.1 Å². The standard InChI is InChI=1S/C42H54ClN7O8S2/c1-3-33-42(58)48-14-10-27(11-15-48)23-59-25-32(51)26-60-24-29-7-4-6-28(18-29)19-38(54)47(2)13-12-37(53)50-17-16-49(41(57)30-8-5-9-31(43)20-30)22-35(50)40(56)46-34(21-36(44)52)39(55)45-33/h4-9,18,20,27,33-35H,3,10-17,19,21-26H2,1-2H3,(H2,44,52)(H,45,55)(H,46,56)/t33-,34-,35-/m0/s1. The lowest BCUT2D eigenvalue weighted by molar-refractivity contribution is -0.145. The zero-order valence-electron chi connectivity index (χ0n) is 34.1. The number of piperazine rings is 1. The van der Waals surface area contributed by atoms with E-state index in [1.807, 2.05) is 24.3 Å². The summed E-state index contributed by atoms with van der Waals surface area (Å²) in [5, 5.41) is 5.65. The van der Waals surface area contributed by atoms with Crippen molar-refractivity contribution >= 4 is 82.3 Å². The number of nitrogens with zero attached hydrogens (tertiary/aromatic N) is 4. The van der Waals surface area contributed by atoms with Crippen LogP contribution in [0.4, 0.5) is 0 Å². The Balaban J connectivity index is 1.38. The van der Waals surface area contributed by atoms with Crippen LogP contribution in [0.1, 0.15) is 60.5 Å². The van der Waals surface area contributed by atoms with Crippen LogP contribution in [-0.2, 0) is 45.7 Å². The summed E-state index contributed by atoms with van der Waals surface area (Å²) in [6.07, 6.45) is 1.10. The van der Waals surface area contributed by atoms with Crippen molar-refractivity contribution in [3.05, 3.63) is 70.2 Å². The lowest BCUT2D eigenvalue weighted by Gasteiger charge is -2.41. The fourth-order valence-corrected chi connectivity index (χ4v) is 9.74. The molecule has 7 amide bonds. The Morgan fingerprint density at radius 2 is 1.52 bits per heavy atom. The largest absolute Gasteiger partial charge is 0.370 e. The number of ketones is 1. The van der Waals surface area contributed by atoms with E-state index in [1.165, 1.54) is 32.5 Å². The Bertz CT molecular complexity index is 1930. The number of thioether (sulfide) groups is 2. The average molecular weight is 885 g/mol. The number of hydrogen-bond donors (Lipinski definition) is 3. The van der Waals surface area contributed by atoms with Gasteiger partial charge in [0.25, 0.3) is 5.91 Å². The second kappa shape index (κ2) is 22.3. The SMILES string of the molecule is CC[C@@H]1NC(=O)[C@H](CC(N)=O)NC(=O)[C@@H]2CN(C(=O)c3cccc(Cl)c3)CCN2C(=O)CCN(C)C(=O)Cc2cccc(c2)CSCC(=O)CSCC2CCN(CC2)C1=O. The van der Waals surface area contributed by atoms with Gasteiger partial charge >= 0.3 is 0 Å². The number of hydrogen-bond acceptors (Lipinski definition) is 10. The molecule has 0 saturated carbocycles. The molecule has 2 saturated heterocycles. The number of likely N-dealkylation sites (N-methyl/N-ethyl adjacent to an activating group) is 1. The summed E-state index contributed by atoms with van der Waals surface area (Å²) in [6.45, 7) is 2.56. The van der Waals surface area contributed by atoms with E-state index in [9.17, 15) is 38.4 Å². The minimum absolute atomic E-state index is 0.0360. The Kier molecular flexibility index (Phi) is 17.3. The normalized spacial score (nSPS) is 23.9. The summed E-state index contributed by atoms with van der Waals surface area (Å²) in [7, 11) is 1.59. The van der Waals surface area contributed by atoms with Crippen LogP contribution in [0.25, 0.3) is 0 Å². The van der Waals surface area contributed by atoms with Crippen molar-refractivity contribution in [3.63, 3.8) is 0 Å². The van der Waals surface area contributed by atoms with Crippen molar-refractivity contribution in [2.24, 2.45) is 11.7 Å². The molecule has 2 fully saturated rings. The lowest BCUT2D eigenvalue weighted by atomic mass is 9.98. The minimum Gasteiger partial charge on any atom is -0.370 e. The van der Waals surface area contributed by atoms with Crippen molar-refractivity contribution in [2.45, 2.75) is 69.3 Å². The number of Topliss-reactive ketones (excluding diaryl/α,β-unsaturated/α-hetero) is 1. The van der Waals surface area contributed by atoms with Crippen LogP contribution in [-0.4, -0.2) is 148 Å². The van der Waals surface area contributed by atoms with E-state index >= 15 is 0 Å². The number of nitrogens with one attached hydrogen (secondary N) is 2. The van der Waals surface area contributed by atoms with E-state index in [4.69, 9.17) is 17.3 Å². The molecular weight excluding hydrogens is 830 g/mol. The van der Waals surface area contributed by atoms with E-state index in [1.54, 1.807) is 48.8 Å². The number of fused-ring (bicyclic) bond motifs is 19. The van der Waals surface area contributed by atoms with E-state index in [0.29, 0.717) is 41.3 Å². The fraction of sp³-hybridized carbons (Fsp3) is 0.524. The van der Waals surface area contributed by atoms with Gasteiger partial charge in [0, 0.05) is 62.5 Å². The summed E-state index contributed by atoms with van der Waals surface area (Å²) in [6, 6.07) is 10.3. The van der Waals surface area contributed by atoms with Gasteiger partial charge in [0.05, 0.1) is 30.9 Å². The first-order chi connectivity index (χ1) is 28.7. The number of halogens is 1. The average Bonchev–Trinajstić information content (AvgIpc) is 3.23. The first-order valence-electron chi connectivity index (χ1n) is 20.2. The second-order valence-electron chi connectivity index (χ2n) is 15.4. The summed E-state index contributed by atoms with van der Waals surface area (Å²) in [5.74, 6) is -1.21. The molecule has 4 aliphatic heterocycles. The number of primary amides is 1. The summed E-state index contributed by atoms with van der Waals surface area (Å²) < 4.78 is 0. The minimum atomic E-state index is -1.49. The number of amides is 7. The number of benzene rings is 2. The van der Waals surface area contributed by atoms with Crippen molar-refractivity contribution in [1.82, 2.24) is 30.2 Å². The number of carbonyl (C=O) groups excluding carboxylic acids is 8. The molecule has 4 heterocycles. The summed E-state index contributed by atoms with van der Waals surface area (Å²) in [4.78, 5) is 113. The highest BCUT2D eigenvalue weighted by molar-refractivity contribution is 8.01. The third-order valence-corrected chi connectivity index (χ3v) is 13.5. The van der Waals surface area contributed by atoms with Gasteiger partial charge in [0.15, 0.2) is 5.78 Å². The topological polar surface area (TPSA) is 200 Å². The van der Waals surface area contributed by atoms with Crippen LogP contribution < -0.4 is 16.4 Å². The molecule has 4 aliphatic rings. The zero-order chi connectivity index (χ0) is 43.3. The van der Waals surface area contributed by atoms with Crippen LogP contribution in [0.3, 0.4) is 0 Å². The first-order valence-corrected chi connectivity index (χ1v) is 22.9. The highest BCUT2D eigenvalue weighted by Gasteiger charge is 2.39. The van der Waals surface area contributed by atoms with Crippen LogP contribution in [0.15, 0.2) is 48.5 Å². The van der Waals surface area contributed by atoms with Crippen molar-refractivity contribution in [1.29, 1.82) is 0 Å². The smallest absolute Gasteiger partial charge is 0.254 e. The van der Waals surface area contributed by atoms with E-state index in [2.05, 4.69) is 10.6 Å². The van der Waals surface area contributed by atoms with Crippen LogP contribution in [0, 0.1) is 5.92 Å². The van der Waals surface area contributed by atoms with Gasteiger partial charge in [-0.05, 0) is 60.3 Å². The predicted molar refractivity (Wildman–Crippen MR) is 231 cm³/mol. The molecule has 18 heteroatoms. The van der Waals surface area contributed by atoms with Gasteiger partial charge < -0.3 is 36.0 Å². The van der Waals surface area contributed by atoms with Crippen molar-refractivity contribution in [2.75, 3.05) is 63.6 Å². The van der Waals surface area contributed by atoms with Gasteiger partial charge in [0.2, 0.25) is 35.4 Å². The van der Waals surface area contributed by atoms with Crippen LogP contribution in [0.5, 0.6) is 0 Å². The Morgan fingerprint density at radius 3 is 2.23 bits per heavy atom. The molecule has 0 unspecified atom stereocenters. The Labute approximate surface area is 364 Å². The predicted octanol–water partition coefficient (Wildman–Crippen LogP) is 2.13. The maximum absolute atomic E-state index is 14.2. The number of nitrogens with two attached hydrogens (primary N) is 1. The first kappa shape index (κ1) is 46.5. The maximum Gasteiger partial charge on any atom is 0.254 e. The van der Waals surface area contributed by atoms with Gasteiger partial charge in [-0.15, -0.1) is 11.8 Å². The highest BCUT2D eigenvalue weighted by atomic mass is 35.5. The van der Waals surface area contributed by atoms with E-state index in [0.717, 1.165) is 29.7 Å². The molecule has 15 nitrogen and oxygen atoms in total. The third-order valence-electron chi connectivity index (χ3n) is 10.9. The monoisotopic (exact) mass is 883 g/mol. The molecule has 6 rings (SSSR count). The van der Waals surface area contributed by atoms with E-state index in [-0.39, 0.29) is 68.6 Å². The molecule has 0 aliphatic carbocycles. The summed E-state index contributed by atoms with van der Waals surface area (Å²) >= 11 is 9.29. The van der Waals surface area contributed by atoms with Gasteiger partial charge in [-0.25, -0.2) is 0 Å². The molecule has 2 aromatic carbocycles. The van der Waals surface area contributed by atoms with Crippen LogP contribution in [0.2, 0.25) is 5.02 Å². The van der Waals surface area contributed by atoms with Gasteiger partial charge in [-0.1, -0.05) is 48.9 Å². The number of carbonyl (C=O) groups is 8. The van der Waals surface area contributed by atoms with Gasteiger partial charge in [-0.3, -0.25) is 38.4 Å². The van der Waals surface area contributed by atoms with Gasteiger partial charge in [-0.2, -0.15) is 11.8 Å². The number of piperidine rings is 1. The van der Waals surface area contributed by atoms with Crippen molar-refractivity contribution < 1.29 is 38.4 Å². The molecule has 324 valence electrons. The molecule has 4 N–H and O–H groups in total. The lowest BCUT2D eigenvalue weighted by Crippen LogP contribution is -2.64. The fourth-order valence-electron chi connectivity index (χ4n) is 7.46. The molecule has 0 aromatic heterocycles. The quantitative estimate of drug-likeness (QED) is 0.409. The van der Waals surface area contributed by atoms with Crippen LogP contribution >= 0.6 is 35.1 Å². The molecule has 2 aromatic rings. The molecule has 4 bridgehead atoms. The molecule has 0 radical (unpaired) electrons. The maximum atomic E-state index is 14.2. The number of rotatable bonds is 4. The molecular formula is C42H54ClN7O8S2. The van der Waals surface area contributed by atoms with Crippen molar-refractivity contribution in [3.8, 4) is 0 Å². The summed E-state index contributed by atoms with van der Waals surface area (Å²) in [5.41, 5.74) is 7.61. The zero-order valence-corrected chi connectivity index (χ0v) is 36.5. The Morgan fingerprint density at radius 1 is 0.817 bits per heavy atom. The molecule has 60 heavy (non-hydrogen) atoms.